The van der Waals surface area contributed by atoms with E-state index in [1.807, 2.05) is 13.8 Å². The molecule has 0 N–H and O–H groups in total. The summed E-state index contributed by atoms with van der Waals surface area (Å²) in [6.07, 6.45) is 0.646. The maximum Gasteiger partial charge on any atom is 0.193 e. The van der Waals surface area contributed by atoms with Gasteiger partial charge >= 0.3 is 0 Å². The molecule has 0 fully saturated rings. The first kappa shape index (κ1) is 9.06. The molecule has 64 valence electrons. The van der Waals surface area contributed by atoms with E-state index in [0.29, 0.717) is 17.0 Å². The largest absolute Gasteiger partial charge is 0.296 e. The molecule has 0 saturated heterocycles. The van der Waals surface area contributed by atoms with Crippen LogP contribution in [0.25, 0.3) is 0 Å². The molecule has 3 nitrogen and oxygen atoms in total. The van der Waals surface area contributed by atoms with Crippen LogP contribution < -0.4 is 0 Å². The summed E-state index contributed by atoms with van der Waals surface area (Å²) >= 11 is 1.22. The maximum atomic E-state index is 11.3. The van der Waals surface area contributed by atoms with Crippen molar-refractivity contribution in [2.45, 2.75) is 13.8 Å². The SMILES string of the molecule is CC(C)C(=O)c1nc(C=O)cs1. The van der Waals surface area contributed by atoms with Crippen molar-refractivity contribution >= 4 is 23.4 Å². The third kappa shape index (κ3) is 1.76. The second kappa shape index (κ2) is 3.58. The Bertz CT molecular complexity index is 304. The first-order valence-corrected chi connectivity index (χ1v) is 4.48. The Morgan fingerprint density at radius 1 is 1.67 bits per heavy atom. The molecular weight excluding hydrogens is 174 g/mol. The number of carbonyl (C=O) groups is 2. The van der Waals surface area contributed by atoms with E-state index in [1.54, 1.807) is 5.38 Å². The van der Waals surface area contributed by atoms with Crippen LogP contribution in [0.2, 0.25) is 0 Å². The van der Waals surface area contributed by atoms with Gasteiger partial charge in [-0.1, -0.05) is 13.8 Å². The Hall–Kier alpha value is -1.03. The van der Waals surface area contributed by atoms with Crippen molar-refractivity contribution in [3.63, 3.8) is 0 Å². The average molecular weight is 183 g/mol. The Labute approximate surface area is 74.4 Å². The highest BCUT2D eigenvalue weighted by molar-refractivity contribution is 7.11. The third-order valence-electron chi connectivity index (χ3n) is 1.38. The van der Waals surface area contributed by atoms with Crippen LogP contribution in [0.5, 0.6) is 0 Å². The van der Waals surface area contributed by atoms with Gasteiger partial charge in [-0.05, 0) is 0 Å². The summed E-state index contributed by atoms with van der Waals surface area (Å²) in [5.74, 6) is -0.0660. The van der Waals surface area contributed by atoms with Gasteiger partial charge in [0.1, 0.15) is 5.69 Å². The van der Waals surface area contributed by atoms with Gasteiger partial charge in [-0.2, -0.15) is 0 Å². The van der Waals surface area contributed by atoms with Gasteiger partial charge in [-0.25, -0.2) is 4.98 Å². The van der Waals surface area contributed by atoms with Crippen molar-refractivity contribution in [1.29, 1.82) is 0 Å². The fourth-order valence-electron chi connectivity index (χ4n) is 0.700. The van der Waals surface area contributed by atoms with Gasteiger partial charge in [0.15, 0.2) is 17.1 Å². The second-order valence-electron chi connectivity index (χ2n) is 2.71. The summed E-state index contributed by atoms with van der Waals surface area (Å²) in [5.41, 5.74) is 0.337. The molecule has 1 rings (SSSR count). The number of ketones is 1. The summed E-state index contributed by atoms with van der Waals surface area (Å²) in [6, 6.07) is 0. The molecule has 0 saturated carbocycles. The molecular formula is C8H9NO2S. The Kier molecular flexibility index (Phi) is 2.70. The molecule has 12 heavy (non-hydrogen) atoms. The van der Waals surface area contributed by atoms with E-state index in [1.165, 1.54) is 11.3 Å². The third-order valence-corrected chi connectivity index (χ3v) is 2.25. The van der Waals surface area contributed by atoms with Gasteiger partial charge in [-0.15, -0.1) is 11.3 Å². The van der Waals surface area contributed by atoms with Crippen LogP contribution in [-0.2, 0) is 0 Å². The zero-order chi connectivity index (χ0) is 9.14. The smallest absolute Gasteiger partial charge is 0.193 e. The number of carbonyl (C=O) groups excluding carboxylic acids is 2. The second-order valence-corrected chi connectivity index (χ2v) is 3.57. The van der Waals surface area contributed by atoms with Crippen LogP contribution in [0.15, 0.2) is 5.38 Å². The number of rotatable bonds is 3. The summed E-state index contributed by atoms with van der Waals surface area (Å²) in [4.78, 5) is 25.4. The summed E-state index contributed by atoms with van der Waals surface area (Å²) < 4.78 is 0. The molecule has 0 aliphatic carbocycles. The van der Waals surface area contributed by atoms with Crippen molar-refractivity contribution < 1.29 is 9.59 Å². The van der Waals surface area contributed by atoms with E-state index in [2.05, 4.69) is 4.98 Å². The van der Waals surface area contributed by atoms with E-state index >= 15 is 0 Å². The van der Waals surface area contributed by atoms with Crippen LogP contribution >= 0.6 is 11.3 Å². The number of nitrogens with zero attached hydrogens (tertiary/aromatic N) is 1. The lowest BCUT2D eigenvalue weighted by Gasteiger charge is -1.97. The van der Waals surface area contributed by atoms with Crippen molar-refractivity contribution in [1.82, 2.24) is 4.98 Å². The van der Waals surface area contributed by atoms with E-state index in [-0.39, 0.29) is 11.7 Å². The minimum Gasteiger partial charge on any atom is -0.296 e. The molecule has 0 aromatic carbocycles. The summed E-state index contributed by atoms with van der Waals surface area (Å²) in [7, 11) is 0. The van der Waals surface area contributed by atoms with Gasteiger partial charge in [0.05, 0.1) is 0 Å². The quantitative estimate of drug-likeness (QED) is 0.530. The molecule has 1 aromatic heterocycles. The predicted octanol–water partition coefficient (Wildman–Crippen LogP) is 1.79. The predicted molar refractivity (Wildman–Crippen MR) is 46.7 cm³/mol. The molecule has 0 spiro atoms. The van der Waals surface area contributed by atoms with Crippen LogP contribution in [-0.4, -0.2) is 17.1 Å². The van der Waals surface area contributed by atoms with Crippen molar-refractivity contribution in [3.8, 4) is 0 Å². The fourth-order valence-corrected chi connectivity index (χ4v) is 1.55. The van der Waals surface area contributed by atoms with Crippen LogP contribution in [0.4, 0.5) is 0 Å². The number of hydrogen-bond acceptors (Lipinski definition) is 4. The summed E-state index contributed by atoms with van der Waals surface area (Å²) in [5, 5.41) is 2.01. The molecule has 4 heteroatoms. The molecule has 0 radical (unpaired) electrons. The Morgan fingerprint density at radius 3 is 2.75 bits per heavy atom. The fraction of sp³-hybridized carbons (Fsp3) is 0.375. The van der Waals surface area contributed by atoms with Gasteiger partial charge < -0.3 is 0 Å². The van der Waals surface area contributed by atoms with Gasteiger partial charge in [0.25, 0.3) is 0 Å². The molecule has 0 aliphatic heterocycles. The van der Waals surface area contributed by atoms with E-state index in [9.17, 15) is 9.59 Å². The minimum atomic E-state index is -0.0596. The molecule has 0 amide bonds. The molecule has 1 aromatic rings. The van der Waals surface area contributed by atoms with Crippen LogP contribution in [0.1, 0.15) is 34.1 Å². The van der Waals surface area contributed by atoms with Gasteiger partial charge in [0, 0.05) is 11.3 Å². The zero-order valence-electron chi connectivity index (χ0n) is 6.90. The van der Waals surface area contributed by atoms with Crippen molar-refractivity contribution in [3.05, 3.63) is 16.1 Å². The molecule has 0 unspecified atom stereocenters. The lowest BCUT2D eigenvalue weighted by atomic mass is 10.1. The molecule has 1 heterocycles. The van der Waals surface area contributed by atoms with Crippen LogP contribution in [0, 0.1) is 5.92 Å². The van der Waals surface area contributed by atoms with Crippen LogP contribution in [0.3, 0.4) is 0 Å². The van der Waals surface area contributed by atoms with E-state index < -0.39 is 0 Å². The first-order chi connectivity index (χ1) is 5.65. The average Bonchev–Trinajstić information content (AvgIpc) is 2.50. The molecule has 0 aliphatic rings. The highest BCUT2D eigenvalue weighted by Crippen LogP contribution is 2.13. The van der Waals surface area contributed by atoms with E-state index in [0.717, 1.165) is 0 Å². The lowest BCUT2D eigenvalue weighted by Crippen LogP contribution is -2.06. The lowest BCUT2D eigenvalue weighted by molar-refractivity contribution is 0.0939. The number of aldehydes is 1. The molecule has 0 atom stereocenters. The number of thiazole rings is 1. The highest BCUT2D eigenvalue weighted by atomic mass is 32.1. The monoisotopic (exact) mass is 183 g/mol. The minimum absolute atomic E-state index is 0.00639. The van der Waals surface area contributed by atoms with Gasteiger partial charge in [0.2, 0.25) is 0 Å². The van der Waals surface area contributed by atoms with Crippen molar-refractivity contribution in [2.75, 3.05) is 0 Å². The standard InChI is InChI=1S/C8H9NO2S/c1-5(2)7(11)8-9-6(3-10)4-12-8/h3-5H,1-2H3. The normalized spacial score (nSPS) is 10.2. The van der Waals surface area contributed by atoms with E-state index in [4.69, 9.17) is 0 Å². The first-order valence-electron chi connectivity index (χ1n) is 3.60. The zero-order valence-corrected chi connectivity index (χ0v) is 7.72. The Morgan fingerprint density at radius 2 is 2.33 bits per heavy atom. The maximum absolute atomic E-state index is 11.3. The summed E-state index contributed by atoms with van der Waals surface area (Å²) in [6.45, 7) is 3.62. The number of Topliss-reactive ketones (excluding diaryl/α,β-unsaturated/α-hetero) is 1. The number of hydrogen-bond donors (Lipinski definition) is 0. The molecule has 0 bridgehead atoms. The highest BCUT2D eigenvalue weighted by Gasteiger charge is 2.13. The number of aromatic nitrogens is 1. The Balaban J connectivity index is 2.89. The topological polar surface area (TPSA) is 47.0 Å². The van der Waals surface area contributed by atoms with Crippen molar-refractivity contribution in [2.24, 2.45) is 5.92 Å². The van der Waals surface area contributed by atoms with Gasteiger partial charge in [-0.3, -0.25) is 9.59 Å².